The summed E-state index contributed by atoms with van der Waals surface area (Å²) < 4.78 is 0.842. The van der Waals surface area contributed by atoms with Crippen LogP contribution in [-0.2, 0) is 0 Å². The van der Waals surface area contributed by atoms with E-state index in [4.69, 9.17) is 23.2 Å². The summed E-state index contributed by atoms with van der Waals surface area (Å²) in [4.78, 5) is 13.2. The van der Waals surface area contributed by atoms with E-state index in [-0.39, 0.29) is 38.6 Å². The van der Waals surface area contributed by atoms with E-state index in [1.807, 2.05) is 6.26 Å². The number of hydrogen-bond donors (Lipinski definition) is 3. The lowest BCUT2D eigenvalue weighted by molar-refractivity contribution is 0.195. The lowest BCUT2D eigenvalue weighted by Gasteiger charge is -2.09. The van der Waals surface area contributed by atoms with Crippen LogP contribution < -0.4 is 0 Å². The molecule has 4 aromatic rings. The lowest BCUT2D eigenvalue weighted by Crippen LogP contribution is -1.98. The van der Waals surface area contributed by atoms with Crippen LogP contribution in [0.3, 0.4) is 0 Å². The third-order valence-corrected chi connectivity index (χ3v) is 5.44. The van der Waals surface area contributed by atoms with Gasteiger partial charge in [-0.2, -0.15) is 4.73 Å². The first kappa shape index (κ1) is 20.3. The summed E-state index contributed by atoms with van der Waals surface area (Å²) in [5.74, 6) is -0.0318. The maximum absolute atomic E-state index is 11.1. The molecule has 152 valence electrons. The van der Waals surface area contributed by atoms with Crippen LogP contribution in [0.15, 0.2) is 53.8 Å². The molecule has 0 saturated carbocycles. The third kappa shape index (κ3) is 3.65. The fourth-order valence-electron chi connectivity index (χ4n) is 3.01. The van der Waals surface area contributed by atoms with Gasteiger partial charge in [0.1, 0.15) is 22.9 Å². The molecule has 3 N–H and O–H groups in total. The monoisotopic (exact) mass is 460 g/mol. The van der Waals surface area contributed by atoms with Gasteiger partial charge in [0.05, 0.1) is 21.3 Å². The number of benzene rings is 2. The molecule has 0 unspecified atom stereocenters. The maximum atomic E-state index is 11.1. The van der Waals surface area contributed by atoms with E-state index in [9.17, 15) is 15.4 Å². The molecule has 0 spiro atoms. The quantitative estimate of drug-likeness (QED) is 0.214. The van der Waals surface area contributed by atoms with E-state index in [2.05, 4.69) is 15.0 Å². The van der Waals surface area contributed by atoms with Crippen molar-refractivity contribution in [3.8, 4) is 45.5 Å². The van der Waals surface area contributed by atoms with Gasteiger partial charge < -0.3 is 15.4 Å². The zero-order valence-corrected chi connectivity index (χ0v) is 17.7. The standard InChI is InChI=1S/C20H14Cl2N4O3S/c1-30-20-23-6-5-15(24-20)17-18(10-3-2-4-11(27)7-10)26(29)19(25-17)16-13(21)8-12(28)9-14(16)22/h2-9,27-29H,1H3. The topological polar surface area (TPSA) is 104 Å². The molecule has 0 atom stereocenters. The van der Waals surface area contributed by atoms with Gasteiger partial charge in [-0.15, -0.1) is 0 Å². The minimum Gasteiger partial charge on any atom is -0.508 e. The maximum Gasteiger partial charge on any atom is 0.187 e. The van der Waals surface area contributed by atoms with Crippen LogP contribution in [0.5, 0.6) is 11.5 Å². The Morgan fingerprint density at radius 3 is 2.37 bits per heavy atom. The van der Waals surface area contributed by atoms with Crippen molar-refractivity contribution >= 4 is 35.0 Å². The molecule has 7 nitrogen and oxygen atoms in total. The molecule has 0 aliphatic heterocycles. The average Bonchev–Trinajstić information content (AvgIpc) is 3.04. The molecule has 2 aromatic heterocycles. The summed E-state index contributed by atoms with van der Waals surface area (Å²) in [7, 11) is 0. The SMILES string of the molecule is CSc1nccc(-c2nc(-c3c(Cl)cc(O)cc3Cl)n(O)c2-c2cccc(O)c2)n1. The molecule has 2 heterocycles. The van der Waals surface area contributed by atoms with Crippen molar-refractivity contribution in [1.29, 1.82) is 0 Å². The summed E-state index contributed by atoms with van der Waals surface area (Å²) in [6, 6.07) is 10.7. The largest absolute Gasteiger partial charge is 0.508 e. The van der Waals surface area contributed by atoms with Gasteiger partial charge in [0.15, 0.2) is 11.0 Å². The Hall–Kier alpha value is -2.94. The average molecular weight is 461 g/mol. The molecular weight excluding hydrogens is 447 g/mol. The van der Waals surface area contributed by atoms with Crippen LogP contribution in [0.2, 0.25) is 10.0 Å². The molecular formula is C20H14Cl2N4O3S. The molecule has 0 aliphatic carbocycles. The number of aromatic hydroxyl groups is 2. The normalized spacial score (nSPS) is 11.0. The zero-order valence-electron chi connectivity index (χ0n) is 15.4. The summed E-state index contributed by atoms with van der Waals surface area (Å²) in [5, 5.41) is 31.5. The highest BCUT2D eigenvalue weighted by atomic mass is 35.5. The van der Waals surface area contributed by atoms with E-state index < -0.39 is 0 Å². The first-order valence-corrected chi connectivity index (χ1v) is 10.5. The van der Waals surface area contributed by atoms with Crippen molar-refractivity contribution < 1.29 is 15.4 Å². The van der Waals surface area contributed by atoms with Gasteiger partial charge in [-0.05, 0) is 36.6 Å². The molecule has 0 fully saturated rings. The highest BCUT2D eigenvalue weighted by Crippen LogP contribution is 2.41. The molecule has 0 saturated heterocycles. The van der Waals surface area contributed by atoms with Crippen molar-refractivity contribution in [3.63, 3.8) is 0 Å². The van der Waals surface area contributed by atoms with Crippen LogP contribution >= 0.6 is 35.0 Å². The first-order chi connectivity index (χ1) is 14.4. The summed E-state index contributed by atoms with van der Waals surface area (Å²) in [6.45, 7) is 0. The van der Waals surface area contributed by atoms with Crippen LogP contribution in [0, 0.1) is 0 Å². The van der Waals surface area contributed by atoms with Gasteiger partial charge >= 0.3 is 0 Å². The molecule has 0 amide bonds. The number of thioether (sulfide) groups is 1. The third-order valence-electron chi connectivity index (χ3n) is 4.28. The number of imidazole rings is 1. The molecule has 4 rings (SSSR count). The minimum atomic E-state index is -0.112. The Labute approximate surface area is 185 Å². The second kappa shape index (κ2) is 8.06. The van der Waals surface area contributed by atoms with Gasteiger partial charge in [0, 0.05) is 11.8 Å². The Balaban J connectivity index is 2.03. The van der Waals surface area contributed by atoms with E-state index in [1.54, 1.807) is 24.4 Å². The molecule has 30 heavy (non-hydrogen) atoms. The highest BCUT2D eigenvalue weighted by molar-refractivity contribution is 7.98. The molecule has 0 radical (unpaired) electrons. The van der Waals surface area contributed by atoms with E-state index in [0.717, 1.165) is 4.73 Å². The number of hydrogen-bond acceptors (Lipinski definition) is 7. The first-order valence-electron chi connectivity index (χ1n) is 8.56. The van der Waals surface area contributed by atoms with Crippen LogP contribution in [0.1, 0.15) is 0 Å². The lowest BCUT2D eigenvalue weighted by atomic mass is 10.1. The highest BCUT2D eigenvalue weighted by Gasteiger charge is 2.25. The van der Waals surface area contributed by atoms with E-state index >= 15 is 0 Å². The Kier molecular flexibility index (Phi) is 5.46. The smallest absolute Gasteiger partial charge is 0.187 e. The van der Waals surface area contributed by atoms with E-state index in [1.165, 1.54) is 36.0 Å². The van der Waals surface area contributed by atoms with Crippen molar-refractivity contribution in [1.82, 2.24) is 19.7 Å². The van der Waals surface area contributed by atoms with Gasteiger partial charge in [-0.1, -0.05) is 47.1 Å². The Morgan fingerprint density at radius 2 is 1.70 bits per heavy atom. The second-order valence-corrected chi connectivity index (χ2v) is 7.80. The number of halogens is 2. The second-order valence-electron chi connectivity index (χ2n) is 6.21. The van der Waals surface area contributed by atoms with Crippen LogP contribution in [0.4, 0.5) is 0 Å². The molecule has 0 aliphatic rings. The van der Waals surface area contributed by atoms with E-state index in [0.29, 0.717) is 22.1 Å². The number of aromatic nitrogens is 4. The van der Waals surface area contributed by atoms with Gasteiger partial charge in [-0.3, -0.25) is 0 Å². The Bertz CT molecular complexity index is 1240. The molecule has 10 heteroatoms. The fraction of sp³-hybridized carbons (Fsp3) is 0.0500. The number of phenols is 2. The molecule has 0 bridgehead atoms. The van der Waals surface area contributed by atoms with Crippen molar-refractivity contribution in [2.45, 2.75) is 5.16 Å². The predicted octanol–water partition coefficient (Wildman–Crippen LogP) is 5.35. The summed E-state index contributed by atoms with van der Waals surface area (Å²) in [5.41, 5.74) is 1.84. The van der Waals surface area contributed by atoms with Crippen molar-refractivity contribution in [2.75, 3.05) is 6.26 Å². The van der Waals surface area contributed by atoms with Crippen molar-refractivity contribution in [3.05, 3.63) is 58.7 Å². The van der Waals surface area contributed by atoms with Crippen LogP contribution in [0.25, 0.3) is 34.0 Å². The van der Waals surface area contributed by atoms with Gasteiger partial charge in [-0.25, -0.2) is 15.0 Å². The number of nitrogens with zero attached hydrogens (tertiary/aromatic N) is 4. The van der Waals surface area contributed by atoms with Gasteiger partial charge in [0.25, 0.3) is 0 Å². The predicted molar refractivity (Wildman–Crippen MR) is 116 cm³/mol. The van der Waals surface area contributed by atoms with Gasteiger partial charge in [0.2, 0.25) is 0 Å². The van der Waals surface area contributed by atoms with Crippen LogP contribution in [-0.4, -0.2) is 41.4 Å². The summed E-state index contributed by atoms with van der Waals surface area (Å²) in [6.07, 6.45) is 3.44. The number of phenolic OH excluding ortho intramolecular Hbond substituents is 2. The molecule has 2 aromatic carbocycles. The number of rotatable bonds is 4. The minimum absolute atomic E-state index is 0.0226. The fourth-order valence-corrected chi connectivity index (χ4v) is 4.01. The van der Waals surface area contributed by atoms with Crippen molar-refractivity contribution in [2.24, 2.45) is 0 Å². The summed E-state index contributed by atoms with van der Waals surface area (Å²) >= 11 is 13.9. The zero-order chi connectivity index (χ0) is 21.4. The Morgan fingerprint density at radius 1 is 0.967 bits per heavy atom.